The van der Waals surface area contributed by atoms with Crippen LogP contribution in [0, 0.1) is 0 Å². The second-order valence-corrected chi connectivity index (χ2v) is 2.86. The zero-order valence-electron chi connectivity index (χ0n) is 8.41. The van der Waals surface area contributed by atoms with Crippen molar-refractivity contribution in [2.45, 2.75) is 0 Å². The molecule has 0 aliphatic heterocycles. The summed E-state index contributed by atoms with van der Waals surface area (Å²) in [6.07, 6.45) is 0. The van der Waals surface area contributed by atoms with Gasteiger partial charge in [0.2, 0.25) is 0 Å². The summed E-state index contributed by atoms with van der Waals surface area (Å²) in [6.45, 7) is 0. The molecule has 1 aromatic heterocycles. The van der Waals surface area contributed by atoms with Crippen LogP contribution in [0.25, 0.3) is 0 Å². The van der Waals surface area contributed by atoms with Crippen molar-refractivity contribution in [1.29, 1.82) is 0 Å². The summed E-state index contributed by atoms with van der Waals surface area (Å²) >= 11 is 0. The lowest BCUT2D eigenvalue weighted by Crippen LogP contribution is -2.18. The van der Waals surface area contributed by atoms with Crippen LogP contribution in [0.1, 0.15) is 5.56 Å². The number of nitrogens with one attached hydrogen (secondary N) is 1. The first-order valence-corrected chi connectivity index (χ1v) is 4.43. The molecule has 0 aliphatic carbocycles. The highest BCUT2D eigenvalue weighted by atomic mass is 16.5. The number of aliphatic imine (C=N–C) groups is 1. The Morgan fingerprint density at radius 3 is 2.69 bits per heavy atom. The molecule has 7 nitrogen and oxygen atoms in total. The molecule has 0 spiro atoms. The maximum Gasteiger partial charge on any atom is 0.288 e. The first kappa shape index (κ1) is 10.1. The van der Waals surface area contributed by atoms with E-state index < -0.39 is 5.90 Å². The summed E-state index contributed by atoms with van der Waals surface area (Å²) < 4.78 is 4.97. The number of aromatic amines is 1. The van der Waals surface area contributed by atoms with E-state index in [4.69, 9.17) is 4.74 Å². The van der Waals surface area contributed by atoms with Gasteiger partial charge in [-0.25, -0.2) is 4.99 Å². The summed E-state index contributed by atoms with van der Waals surface area (Å²) in [4.78, 5) is 3.65. The Hall–Kier alpha value is -2.44. The Morgan fingerprint density at radius 1 is 1.38 bits per heavy atom. The first-order chi connectivity index (χ1) is 7.79. The van der Waals surface area contributed by atoms with E-state index in [1.807, 2.05) is 0 Å². The first-order valence-electron chi connectivity index (χ1n) is 4.43. The van der Waals surface area contributed by atoms with Crippen LogP contribution in [0.3, 0.4) is 0 Å². The molecule has 0 aliphatic rings. The number of aromatic nitrogens is 4. The summed E-state index contributed by atoms with van der Waals surface area (Å²) in [7, 11) is 1.56. The molecule has 1 aromatic carbocycles. The highest BCUT2D eigenvalue weighted by molar-refractivity contribution is 5.91. The third kappa shape index (κ3) is 2.14. The number of rotatable bonds is 3. The van der Waals surface area contributed by atoms with E-state index in [9.17, 15) is 5.11 Å². The standard InChI is InChI=1S/C9H9N5O2/c1-16-7-4-2-6(3-5-7)8(15)10-9-11-13-14-12-9/h2-5H,1H3,(H2,10,11,12,13,14,15)/p-1. The molecule has 1 heterocycles. The molecule has 0 saturated heterocycles. The molecule has 7 heteroatoms. The molecule has 2 rings (SSSR count). The predicted octanol–water partition coefficient (Wildman–Crippen LogP) is -0.353. The quantitative estimate of drug-likeness (QED) is 0.560. The zero-order valence-corrected chi connectivity index (χ0v) is 8.41. The van der Waals surface area contributed by atoms with E-state index in [1.165, 1.54) is 0 Å². The van der Waals surface area contributed by atoms with E-state index in [0.717, 1.165) is 0 Å². The lowest BCUT2D eigenvalue weighted by Gasteiger charge is -2.09. The van der Waals surface area contributed by atoms with Crippen molar-refractivity contribution in [3.8, 4) is 5.75 Å². The largest absolute Gasteiger partial charge is 0.858 e. The van der Waals surface area contributed by atoms with E-state index in [2.05, 4.69) is 25.6 Å². The smallest absolute Gasteiger partial charge is 0.288 e. The van der Waals surface area contributed by atoms with Crippen molar-refractivity contribution in [1.82, 2.24) is 20.6 Å². The van der Waals surface area contributed by atoms with Crippen molar-refractivity contribution in [2.24, 2.45) is 4.99 Å². The van der Waals surface area contributed by atoms with Crippen molar-refractivity contribution in [3.63, 3.8) is 0 Å². The number of hydrogen-bond donors (Lipinski definition) is 1. The number of H-pyrrole nitrogens is 1. The number of ether oxygens (including phenoxy) is 1. The fourth-order valence-corrected chi connectivity index (χ4v) is 1.09. The molecule has 82 valence electrons. The van der Waals surface area contributed by atoms with E-state index >= 15 is 0 Å². The molecular formula is C9H8N5O2-. The molecule has 2 aromatic rings. The number of nitrogens with zero attached hydrogens (tertiary/aromatic N) is 4. The van der Waals surface area contributed by atoms with Gasteiger partial charge in [0.25, 0.3) is 5.95 Å². The SMILES string of the molecule is COc1ccc(C([O-])=Nc2nn[nH]n2)cc1. The van der Waals surface area contributed by atoms with E-state index in [1.54, 1.807) is 31.4 Å². The molecule has 16 heavy (non-hydrogen) atoms. The Labute approximate surface area is 90.8 Å². The van der Waals surface area contributed by atoms with Crippen molar-refractivity contribution in [3.05, 3.63) is 29.8 Å². The predicted molar refractivity (Wildman–Crippen MR) is 53.4 cm³/mol. The maximum absolute atomic E-state index is 11.6. The van der Waals surface area contributed by atoms with Crippen LogP contribution in [0.4, 0.5) is 5.95 Å². The van der Waals surface area contributed by atoms with E-state index in [0.29, 0.717) is 11.3 Å². The van der Waals surface area contributed by atoms with Crippen molar-refractivity contribution >= 4 is 11.8 Å². The van der Waals surface area contributed by atoms with Gasteiger partial charge in [-0.2, -0.15) is 5.21 Å². The summed E-state index contributed by atoms with van der Waals surface area (Å²) in [5.41, 5.74) is 0.436. The van der Waals surface area contributed by atoms with Gasteiger partial charge in [0, 0.05) is 0 Å². The summed E-state index contributed by atoms with van der Waals surface area (Å²) in [5.74, 6) is 0.265. The third-order valence-corrected chi connectivity index (χ3v) is 1.87. The molecule has 0 bridgehead atoms. The molecule has 0 saturated carbocycles. The molecule has 0 fully saturated rings. The van der Waals surface area contributed by atoms with Crippen LogP contribution < -0.4 is 9.84 Å². The van der Waals surface area contributed by atoms with Crippen molar-refractivity contribution < 1.29 is 9.84 Å². The minimum absolute atomic E-state index is 0.0146. The number of tetrazole rings is 1. The number of methoxy groups -OCH3 is 1. The number of benzene rings is 1. The third-order valence-electron chi connectivity index (χ3n) is 1.87. The molecule has 1 N–H and O–H groups in total. The molecule has 0 atom stereocenters. The Kier molecular flexibility index (Phi) is 2.77. The summed E-state index contributed by atoms with van der Waals surface area (Å²) in [5, 5.41) is 24.2. The second kappa shape index (κ2) is 4.39. The second-order valence-electron chi connectivity index (χ2n) is 2.86. The van der Waals surface area contributed by atoms with Crippen LogP contribution in [0.2, 0.25) is 0 Å². The molecule has 0 unspecified atom stereocenters. The minimum Gasteiger partial charge on any atom is -0.858 e. The van der Waals surface area contributed by atoms with Gasteiger partial charge >= 0.3 is 0 Å². The van der Waals surface area contributed by atoms with Crippen LogP contribution in [0.15, 0.2) is 29.3 Å². The van der Waals surface area contributed by atoms with Gasteiger partial charge in [0.15, 0.2) is 0 Å². The van der Waals surface area contributed by atoms with Gasteiger partial charge < -0.3 is 9.84 Å². The van der Waals surface area contributed by atoms with Gasteiger partial charge in [-0.15, -0.1) is 5.10 Å². The van der Waals surface area contributed by atoms with Gasteiger partial charge in [-0.1, -0.05) is 17.2 Å². The average molecular weight is 218 g/mol. The Balaban J connectivity index is 2.23. The fourth-order valence-electron chi connectivity index (χ4n) is 1.09. The highest BCUT2D eigenvalue weighted by Gasteiger charge is 1.96. The van der Waals surface area contributed by atoms with Gasteiger partial charge in [-0.05, 0) is 28.8 Å². The molecule has 0 radical (unpaired) electrons. The van der Waals surface area contributed by atoms with Gasteiger partial charge in [-0.3, -0.25) is 0 Å². The van der Waals surface area contributed by atoms with E-state index in [-0.39, 0.29) is 5.95 Å². The van der Waals surface area contributed by atoms with Crippen LogP contribution in [-0.2, 0) is 0 Å². The molecule has 0 amide bonds. The lowest BCUT2D eigenvalue weighted by molar-refractivity contribution is -0.212. The monoisotopic (exact) mass is 218 g/mol. The van der Waals surface area contributed by atoms with Gasteiger partial charge in [0.1, 0.15) is 5.75 Å². The van der Waals surface area contributed by atoms with Gasteiger partial charge in [0.05, 0.1) is 7.11 Å². The normalized spacial score (nSPS) is 11.4. The topological polar surface area (TPSA) is 99.1 Å². The molecular weight excluding hydrogens is 210 g/mol. The maximum atomic E-state index is 11.6. The van der Waals surface area contributed by atoms with Crippen LogP contribution >= 0.6 is 0 Å². The Morgan fingerprint density at radius 2 is 2.12 bits per heavy atom. The average Bonchev–Trinajstić information content (AvgIpc) is 2.82. The summed E-state index contributed by atoms with van der Waals surface area (Å²) in [6, 6.07) is 6.59. The zero-order chi connectivity index (χ0) is 11.4. The fraction of sp³-hybridized carbons (Fsp3) is 0.111. The van der Waals surface area contributed by atoms with Crippen LogP contribution in [-0.4, -0.2) is 33.6 Å². The van der Waals surface area contributed by atoms with Crippen molar-refractivity contribution in [2.75, 3.05) is 7.11 Å². The minimum atomic E-state index is -0.427. The number of hydrogen-bond acceptors (Lipinski definition) is 6. The lowest BCUT2D eigenvalue weighted by atomic mass is 10.2. The van der Waals surface area contributed by atoms with Crippen LogP contribution in [0.5, 0.6) is 5.75 Å². The Bertz CT molecular complexity index is 477. The highest BCUT2D eigenvalue weighted by Crippen LogP contribution is 2.11.